The van der Waals surface area contributed by atoms with E-state index in [4.69, 9.17) is 24.2 Å². The summed E-state index contributed by atoms with van der Waals surface area (Å²) in [6.07, 6.45) is -0.634. The number of benzene rings is 2. The van der Waals surface area contributed by atoms with E-state index in [1.807, 2.05) is 0 Å². The van der Waals surface area contributed by atoms with E-state index < -0.39 is 36.6 Å². The van der Waals surface area contributed by atoms with Gasteiger partial charge in [-0.15, -0.1) is 0 Å². The lowest BCUT2D eigenvalue weighted by atomic mass is 9.98. The van der Waals surface area contributed by atoms with Gasteiger partial charge in [0.25, 0.3) is 5.91 Å². The van der Waals surface area contributed by atoms with Crippen molar-refractivity contribution < 1.29 is 45.8 Å². The van der Waals surface area contributed by atoms with E-state index in [-0.39, 0.29) is 54.7 Å². The topological polar surface area (TPSA) is 158 Å². The molecule has 0 atom stereocenters. The fourth-order valence-corrected chi connectivity index (χ4v) is 7.95. The highest BCUT2D eigenvalue weighted by Gasteiger charge is 2.52. The average molecular weight is 557 g/mol. The van der Waals surface area contributed by atoms with E-state index in [9.17, 15) is 21.6 Å². The van der Waals surface area contributed by atoms with Crippen LogP contribution in [0.4, 0.5) is 0 Å². The summed E-state index contributed by atoms with van der Waals surface area (Å²) in [4.78, 5) is 12.2. The molecule has 37 heavy (non-hydrogen) atoms. The van der Waals surface area contributed by atoms with Crippen LogP contribution >= 0.6 is 0 Å². The minimum atomic E-state index is -4.16. The van der Waals surface area contributed by atoms with Gasteiger partial charge in [-0.2, -0.15) is 4.31 Å². The van der Waals surface area contributed by atoms with Crippen LogP contribution in [0.25, 0.3) is 0 Å². The predicted molar refractivity (Wildman–Crippen MR) is 129 cm³/mol. The van der Waals surface area contributed by atoms with Gasteiger partial charge in [0, 0.05) is 19.3 Å². The van der Waals surface area contributed by atoms with Crippen LogP contribution in [-0.4, -0.2) is 83.6 Å². The molecule has 0 bridgehead atoms. The maximum Gasteiger partial charge on any atom is 0.265 e. The number of carbonyl (C=O) groups excluding carboxylic acids is 1. The first-order chi connectivity index (χ1) is 17.6. The second-order valence-electron chi connectivity index (χ2n) is 8.60. The molecule has 2 N–H and O–H groups in total. The Morgan fingerprint density at radius 2 is 1.62 bits per heavy atom. The van der Waals surface area contributed by atoms with Crippen molar-refractivity contribution in [2.75, 3.05) is 40.5 Å². The Bertz CT molecular complexity index is 1350. The lowest BCUT2D eigenvalue weighted by molar-refractivity contribution is -0.134. The molecule has 0 aromatic heterocycles. The van der Waals surface area contributed by atoms with Crippen molar-refractivity contribution in [2.24, 2.45) is 0 Å². The summed E-state index contributed by atoms with van der Waals surface area (Å²) in [5.41, 5.74) is 1.48. The molecule has 0 aliphatic carbocycles. The lowest BCUT2D eigenvalue weighted by Gasteiger charge is -2.38. The summed E-state index contributed by atoms with van der Waals surface area (Å²) in [7, 11) is -5.20. The Balaban J connectivity index is 1.45. The third-order valence-electron chi connectivity index (χ3n) is 6.57. The molecule has 0 radical (unpaired) electrons. The summed E-state index contributed by atoms with van der Waals surface area (Å²) >= 11 is 0. The molecule has 2 aromatic carbocycles. The van der Waals surface area contributed by atoms with Gasteiger partial charge in [-0.05, 0) is 49.2 Å². The van der Waals surface area contributed by atoms with Gasteiger partial charge in [0.1, 0.15) is 28.2 Å². The molecule has 2 aromatic rings. The van der Waals surface area contributed by atoms with Crippen LogP contribution < -0.4 is 19.7 Å². The van der Waals surface area contributed by atoms with E-state index >= 15 is 0 Å². The molecular formula is C23H28N2O10S2. The number of carbonyl (C=O) groups is 1. The maximum absolute atomic E-state index is 13.3. The Kier molecular flexibility index (Phi) is 7.67. The summed E-state index contributed by atoms with van der Waals surface area (Å²) in [6, 6.07) is 10.0. The van der Waals surface area contributed by atoms with Gasteiger partial charge in [0.05, 0.1) is 32.2 Å². The molecule has 0 spiro atoms. The van der Waals surface area contributed by atoms with Crippen LogP contribution in [0.3, 0.4) is 0 Å². The quantitative estimate of drug-likeness (QED) is 0.337. The summed E-state index contributed by atoms with van der Waals surface area (Å²) in [6.45, 7) is 0.304. The van der Waals surface area contributed by atoms with Crippen LogP contribution in [0.2, 0.25) is 0 Å². The number of amides is 1. The average Bonchev–Trinajstić information content (AvgIpc) is 2.89. The predicted octanol–water partition coefficient (Wildman–Crippen LogP) is 0.984. The van der Waals surface area contributed by atoms with E-state index in [2.05, 4.69) is 0 Å². The van der Waals surface area contributed by atoms with Gasteiger partial charge in [-0.25, -0.2) is 22.3 Å². The zero-order valence-corrected chi connectivity index (χ0v) is 21.9. The van der Waals surface area contributed by atoms with Crippen LogP contribution in [0.15, 0.2) is 52.3 Å². The number of nitrogens with one attached hydrogen (secondary N) is 1. The molecule has 2 saturated heterocycles. The monoisotopic (exact) mass is 556 g/mol. The van der Waals surface area contributed by atoms with Crippen LogP contribution in [0.5, 0.6) is 17.2 Å². The molecule has 1 amide bonds. The van der Waals surface area contributed by atoms with Crippen molar-refractivity contribution >= 4 is 25.8 Å². The lowest BCUT2D eigenvalue weighted by Crippen LogP contribution is -2.56. The molecule has 2 heterocycles. The van der Waals surface area contributed by atoms with Crippen molar-refractivity contribution in [3.8, 4) is 17.2 Å². The van der Waals surface area contributed by atoms with Gasteiger partial charge in [0.2, 0.25) is 10.0 Å². The number of sulfone groups is 1. The van der Waals surface area contributed by atoms with Crippen molar-refractivity contribution in [3.05, 3.63) is 42.5 Å². The van der Waals surface area contributed by atoms with E-state index in [0.717, 1.165) is 0 Å². The van der Waals surface area contributed by atoms with E-state index in [0.29, 0.717) is 11.5 Å². The molecule has 4 rings (SSSR count). The highest BCUT2D eigenvalue weighted by atomic mass is 32.2. The van der Waals surface area contributed by atoms with Crippen molar-refractivity contribution in [3.63, 3.8) is 0 Å². The molecule has 14 heteroatoms. The van der Waals surface area contributed by atoms with Crippen molar-refractivity contribution in [1.82, 2.24) is 9.79 Å². The number of methoxy groups -OCH3 is 2. The molecule has 2 fully saturated rings. The van der Waals surface area contributed by atoms with Gasteiger partial charge in [-0.3, -0.25) is 10.0 Å². The second-order valence-corrected chi connectivity index (χ2v) is 12.8. The molecular weight excluding hydrogens is 528 g/mol. The zero-order valence-electron chi connectivity index (χ0n) is 20.2. The van der Waals surface area contributed by atoms with Gasteiger partial charge < -0.3 is 18.9 Å². The highest BCUT2D eigenvalue weighted by molar-refractivity contribution is 7.93. The fourth-order valence-electron chi connectivity index (χ4n) is 4.33. The maximum atomic E-state index is 13.3. The number of sulfonamides is 1. The summed E-state index contributed by atoms with van der Waals surface area (Å²) < 4.78 is 73.6. The Morgan fingerprint density at radius 1 is 1.00 bits per heavy atom. The Hall–Kier alpha value is -2.91. The van der Waals surface area contributed by atoms with E-state index in [1.165, 1.54) is 60.4 Å². The number of rotatable bonds is 9. The van der Waals surface area contributed by atoms with Crippen LogP contribution in [-0.2, 0) is 29.4 Å². The van der Waals surface area contributed by atoms with Crippen LogP contribution in [0.1, 0.15) is 12.8 Å². The molecule has 0 saturated carbocycles. The minimum absolute atomic E-state index is 0.0173. The second kappa shape index (κ2) is 10.5. The van der Waals surface area contributed by atoms with E-state index in [1.54, 1.807) is 6.07 Å². The highest BCUT2D eigenvalue weighted by Crippen LogP contribution is 2.37. The third kappa shape index (κ3) is 4.86. The van der Waals surface area contributed by atoms with Crippen LogP contribution in [0, 0.1) is 0 Å². The number of hydrogen-bond donors (Lipinski definition) is 2. The van der Waals surface area contributed by atoms with Gasteiger partial charge in [0.15, 0.2) is 14.6 Å². The third-order valence-corrected chi connectivity index (χ3v) is 10.9. The first kappa shape index (κ1) is 27.1. The first-order valence-corrected chi connectivity index (χ1v) is 14.3. The smallest absolute Gasteiger partial charge is 0.265 e. The Morgan fingerprint density at radius 3 is 2.19 bits per heavy atom. The summed E-state index contributed by atoms with van der Waals surface area (Å²) in [5, 5.41) is 9.16. The SMILES string of the molecule is COc1ccc(OC)c(S(=O)(=O)N2CC(Oc3ccc(S(=O)(=O)C4(C(=O)NO)CCOCC4)cc3)C2)c1. The molecule has 0 unspecified atom stereocenters. The zero-order chi connectivity index (χ0) is 26.8. The largest absolute Gasteiger partial charge is 0.497 e. The first-order valence-electron chi connectivity index (χ1n) is 11.3. The molecule has 202 valence electrons. The number of hydrogen-bond acceptors (Lipinski definition) is 10. The molecule has 2 aliphatic rings. The molecule has 12 nitrogen and oxygen atoms in total. The number of hydroxylamine groups is 1. The Labute approximate surface area is 215 Å². The number of ether oxygens (including phenoxy) is 4. The minimum Gasteiger partial charge on any atom is -0.497 e. The van der Waals surface area contributed by atoms with Crippen molar-refractivity contribution in [1.29, 1.82) is 0 Å². The number of nitrogens with zero attached hydrogens (tertiary/aromatic N) is 1. The van der Waals surface area contributed by atoms with Crippen molar-refractivity contribution in [2.45, 2.75) is 33.5 Å². The molecule has 2 aliphatic heterocycles. The van der Waals surface area contributed by atoms with Gasteiger partial charge in [-0.1, -0.05) is 0 Å². The standard InChI is InChI=1S/C23H28N2O10S2/c1-32-17-5-8-20(33-2)21(13-17)37(30,31)25-14-18(15-25)35-16-3-6-19(7-4-16)36(28,29)23(22(26)24-27)9-11-34-12-10-23/h3-8,13,18,27H,9-12,14-15H2,1-2H3,(H,24,26). The normalized spacial score (nSPS) is 18.5. The van der Waals surface area contributed by atoms with Gasteiger partial charge >= 0.3 is 0 Å². The fraction of sp³-hybridized carbons (Fsp3) is 0.435. The summed E-state index contributed by atoms with van der Waals surface area (Å²) in [5.74, 6) is -0.0898.